The summed E-state index contributed by atoms with van der Waals surface area (Å²) < 4.78 is 6.44. The molecular weight excluding hydrogens is 378 g/mol. The fourth-order valence-electron chi connectivity index (χ4n) is 2.46. The minimum Gasteiger partial charge on any atom is -0.458 e. The molecule has 2 aromatic carbocycles. The van der Waals surface area contributed by atoms with Crippen LogP contribution >= 0.6 is 27.5 Å². The van der Waals surface area contributed by atoms with Gasteiger partial charge in [0.2, 0.25) is 5.43 Å². The average Bonchev–Trinajstić information content (AvgIpc) is 2.55. The van der Waals surface area contributed by atoms with Gasteiger partial charge in [-0.05, 0) is 40.0 Å². The number of aryl methyl sites for hydroxylation is 2. The SMILES string of the molecule is N#Cc1c(CCc2ccccc2)oc2c(Br)cc(Cl)cc2c1=O. The summed E-state index contributed by atoms with van der Waals surface area (Å²) in [6, 6.07) is 15.0. The lowest BCUT2D eigenvalue weighted by Crippen LogP contribution is -2.11. The van der Waals surface area contributed by atoms with Gasteiger partial charge in [0.1, 0.15) is 17.4 Å². The second kappa shape index (κ2) is 6.57. The second-order valence-electron chi connectivity index (χ2n) is 5.09. The van der Waals surface area contributed by atoms with E-state index in [1.165, 1.54) is 6.07 Å². The van der Waals surface area contributed by atoms with Gasteiger partial charge in [0.25, 0.3) is 0 Å². The van der Waals surface area contributed by atoms with Crippen molar-refractivity contribution in [3.05, 3.63) is 79.1 Å². The predicted octanol–water partition coefficient (Wildman–Crippen LogP) is 4.87. The molecule has 0 aliphatic heterocycles. The first-order valence-corrected chi connectivity index (χ1v) is 8.16. The van der Waals surface area contributed by atoms with E-state index in [2.05, 4.69) is 15.9 Å². The largest absolute Gasteiger partial charge is 0.458 e. The lowest BCUT2D eigenvalue weighted by atomic mass is 10.0. The van der Waals surface area contributed by atoms with Crippen molar-refractivity contribution < 1.29 is 4.42 Å². The Labute approximate surface area is 146 Å². The first kappa shape index (κ1) is 15.8. The van der Waals surface area contributed by atoms with Gasteiger partial charge in [0.05, 0.1) is 9.86 Å². The van der Waals surface area contributed by atoms with E-state index in [9.17, 15) is 10.1 Å². The Morgan fingerprint density at radius 2 is 1.91 bits per heavy atom. The standard InChI is InChI=1S/C18H11BrClNO2/c19-15-9-12(20)8-13-17(22)14(10-21)16(23-18(13)15)7-6-11-4-2-1-3-5-11/h1-5,8-9H,6-7H2. The first-order valence-electron chi connectivity index (χ1n) is 6.99. The van der Waals surface area contributed by atoms with E-state index in [4.69, 9.17) is 16.0 Å². The quantitative estimate of drug-likeness (QED) is 0.643. The molecular formula is C18H11BrClNO2. The highest BCUT2D eigenvalue weighted by molar-refractivity contribution is 9.10. The van der Waals surface area contributed by atoms with Crippen LogP contribution in [0.5, 0.6) is 0 Å². The zero-order valence-electron chi connectivity index (χ0n) is 12.0. The van der Waals surface area contributed by atoms with Crippen LogP contribution in [0.1, 0.15) is 16.9 Å². The van der Waals surface area contributed by atoms with E-state index in [1.807, 2.05) is 36.4 Å². The minimum absolute atomic E-state index is 0.0441. The zero-order valence-corrected chi connectivity index (χ0v) is 14.3. The summed E-state index contributed by atoms with van der Waals surface area (Å²) >= 11 is 9.34. The summed E-state index contributed by atoms with van der Waals surface area (Å²) in [4.78, 5) is 12.5. The number of hydrogen-bond donors (Lipinski definition) is 0. The molecule has 0 atom stereocenters. The van der Waals surface area contributed by atoms with Crippen LogP contribution in [0.4, 0.5) is 0 Å². The molecule has 0 N–H and O–H groups in total. The molecule has 0 unspecified atom stereocenters. The molecule has 3 aromatic rings. The van der Waals surface area contributed by atoms with Crippen LogP contribution in [-0.4, -0.2) is 0 Å². The van der Waals surface area contributed by atoms with Gasteiger partial charge in [0, 0.05) is 11.4 Å². The molecule has 3 rings (SSSR count). The third-order valence-corrected chi connectivity index (χ3v) is 4.39. The van der Waals surface area contributed by atoms with Crippen molar-refractivity contribution >= 4 is 38.5 Å². The third kappa shape index (κ3) is 3.17. The maximum absolute atomic E-state index is 12.5. The predicted molar refractivity (Wildman–Crippen MR) is 93.8 cm³/mol. The van der Waals surface area contributed by atoms with Crippen LogP contribution in [0.3, 0.4) is 0 Å². The lowest BCUT2D eigenvalue weighted by molar-refractivity contribution is 0.530. The number of rotatable bonds is 3. The van der Waals surface area contributed by atoms with Gasteiger partial charge in [-0.3, -0.25) is 4.79 Å². The number of benzene rings is 2. The third-order valence-electron chi connectivity index (χ3n) is 3.58. The summed E-state index contributed by atoms with van der Waals surface area (Å²) in [5.74, 6) is 0.400. The number of nitriles is 1. The van der Waals surface area contributed by atoms with E-state index in [0.29, 0.717) is 39.1 Å². The molecule has 0 saturated heterocycles. The van der Waals surface area contributed by atoms with Crippen LogP contribution in [0, 0.1) is 11.3 Å². The smallest absolute Gasteiger partial charge is 0.210 e. The van der Waals surface area contributed by atoms with E-state index in [0.717, 1.165) is 5.56 Å². The summed E-state index contributed by atoms with van der Waals surface area (Å²) in [5.41, 5.74) is 1.23. The van der Waals surface area contributed by atoms with Gasteiger partial charge < -0.3 is 4.42 Å². The Morgan fingerprint density at radius 3 is 2.61 bits per heavy atom. The van der Waals surface area contributed by atoms with Crippen LogP contribution in [0.25, 0.3) is 11.0 Å². The monoisotopic (exact) mass is 387 g/mol. The zero-order chi connectivity index (χ0) is 16.4. The Hall–Kier alpha value is -2.09. The molecule has 23 heavy (non-hydrogen) atoms. The molecule has 0 radical (unpaired) electrons. The van der Waals surface area contributed by atoms with Gasteiger partial charge in [-0.1, -0.05) is 41.9 Å². The van der Waals surface area contributed by atoms with E-state index < -0.39 is 0 Å². The molecule has 0 aliphatic rings. The fraction of sp³-hybridized carbons (Fsp3) is 0.111. The average molecular weight is 389 g/mol. The van der Waals surface area contributed by atoms with Crippen molar-refractivity contribution in [3.63, 3.8) is 0 Å². The highest BCUT2D eigenvalue weighted by Crippen LogP contribution is 2.28. The van der Waals surface area contributed by atoms with Crippen molar-refractivity contribution in [1.29, 1.82) is 5.26 Å². The number of fused-ring (bicyclic) bond motifs is 1. The summed E-state index contributed by atoms with van der Waals surface area (Å²) in [6.45, 7) is 0. The van der Waals surface area contributed by atoms with Crippen molar-refractivity contribution in [2.75, 3.05) is 0 Å². The lowest BCUT2D eigenvalue weighted by Gasteiger charge is -2.07. The Morgan fingerprint density at radius 1 is 1.17 bits per heavy atom. The number of nitrogens with zero attached hydrogens (tertiary/aromatic N) is 1. The number of hydrogen-bond acceptors (Lipinski definition) is 3. The highest BCUT2D eigenvalue weighted by atomic mass is 79.9. The Balaban J connectivity index is 2.10. The van der Waals surface area contributed by atoms with Gasteiger partial charge in [-0.2, -0.15) is 5.26 Å². The maximum atomic E-state index is 12.5. The molecule has 0 aliphatic carbocycles. The molecule has 0 amide bonds. The maximum Gasteiger partial charge on any atom is 0.210 e. The molecule has 1 aromatic heterocycles. The molecule has 0 saturated carbocycles. The van der Waals surface area contributed by atoms with Crippen LogP contribution in [-0.2, 0) is 12.8 Å². The Kier molecular flexibility index (Phi) is 4.51. The minimum atomic E-state index is -0.347. The van der Waals surface area contributed by atoms with Crippen LogP contribution < -0.4 is 5.43 Å². The fourth-order valence-corrected chi connectivity index (χ4v) is 3.35. The molecule has 0 bridgehead atoms. The molecule has 0 fully saturated rings. The van der Waals surface area contributed by atoms with Crippen LogP contribution in [0.2, 0.25) is 5.02 Å². The molecule has 114 valence electrons. The van der Waals surface area contributed by atoms with Gasteiger partial charge in [0.15, 0.2) is 5.58 Å². The van der Waals surface area contributed by atoms with E-state index >= 15 is 0 Å². The van der Waals surface area contributed by atoms with Crippen LogP contribution in [0.15, 0.2) is 56.1 Å². The molecule has 0 spiro atoms. The van der Waals surface area contributed by atoms with E-state index in [-0.39, 0.29) is 11.0 Å². The number of halogens is 2. The molecule has 5 heteroatoms. The summed E-state index contributed by atoms with van der Waals surface area (Å²) in [7, 11) is 0. The van der Waals surface area contributed by atoms with E-state index in [1.54, 1.807) is 6.07 Å². The van der Waals surface area contributed by atoms with Crippen molar-refractivity contribution in [2.24, 2.45) is 0 Å². The first-order chi connectivity index (χ1) is 11.1. The van der Waals surface area contributed by atoms with Gasteiger partial charge >= 0.3 is 0 Å². The molecule has 1 heterocycles. The van der Waals surface area contributed by atoms with Gasteiger partial charge in [-0.15, -0.1) is 0 Å². The molecule has 3 nitrogen and oxygen atoms in total. The van der Waals surface area contributed by atoms with Crippen molar-refractivity contribution in [3.8, 4) is 6.07 Å². The van der Waals surface area contributed by atoms with Crippen molar-refractivity contribution in [1.82, 2.24) is 0 Å². The Bertz CT molecular complexity index is 974. The summed E-state index contributed by atoms with van der Waals surface area (Å²) in [6.07, 6.45) is 1.17. The van der Waals surface area contributed by atoms with Gasteiger partial charge in [-0.25, -0.2) is 0 Å². The highest BCUT2D eigenvalue weighted by Gasteiger charge is 2.16. The normalized spacial score (nSPS) is 10.7. The van der Waals surface area contributed by atoms with Crippen molar-refractivity contribution in [2.45, 2.75) is 12.8 Å². The summed E-state index contributed by atoms with van der Waals surface area (Å²) in [5, 5.41) is 10.1. The topological polar surface area (TPSA) is 54.0 Å². The second-order valence-corrected chi connectivity index (χ2v) is 6.38.